The van der Waals surface area contributed by atoms with Crippen molar-refractivity contribution in [3.8, 4) is 0 Å². The summed E-state index contributed by atoms with van der Waals surface area (Å²) in [5.41, 5.74) is 0. The molecule has 0 saturated carbocycles. The molecule has 0 aliphatic rings. The van der Waals surface area contributed by atoms with E-state index in [0.29, 0.717) is 11.1 Å². The Morgan fingerprint density at radius 3 is 2.33 bits per heavy atom. The Labute approximate surface area is 51.7 Å². The van der Waals surface area contributed by atoms with Gasteiger partial charge >= 0.3 is 0 Å². The van der Waals surface area contributed by atoms with E-state index in [4.69, 9.17) is 22.3 Å². The molecule has 38 valence electrons. The molecular weight excluding hydrogens is 139 g/mol. The molecule has 0 amide bonds. The van der Waals surface area contributed by atoms with E-state index in [1.807, 2.05) is 6.92 Å². The smallest absolute Gasteiger partial charge is 0.0351 e. The second kappa shape index (κ2) is 4.10. The lowest BCUT2D eigenvalue weighted by atomic mass is 10.6. The fraction of sp³-hybridized carbons (Fsp3) is 1.00. The van der Waals surface area contributed by atoms with Gasteiger partial charge in [0.1, 0.15) is 0 Å². The van der Waals surface area contributed by atoms with E-state index in [0.717, 1.165) is 0 Å². The summed E-state index contributed by atoms with van der Waals surface area (Å²) in [4.78, 5) is 0. The fourth-order valence-electron chi connectivity index (χ4n) is 0.0238. The van der Waals surface area contributed by atoms with Gasteiger partial charge in [0.15, 0.2) is 0 Å². The first-order chi connectivity index (χ1) is 2.81. The molecule has 0 aromatic rings. The molecule has 0 radical (unpaired) electrons. The summed E-state index contributed by atoms with van der Waals surface area (Å²) in [5.74, 6) is 0.633. The molecule has 0 saturated heterocycles. The van der Waals surface area contributed by atoms with E-state index in [-0.39, 0.29) is 0 Å². The van der Waals surface area contributed by atoms with Crippen molar-refractivity contribution >= 4 is 33.3 Å². The normalized spacial score (nSPS) is 14.5. The number of hydrogen-bond donors (Lipinski definition) is 0. The van der Waals surface area contributed by atoms with Gasteiger partial charge in [-0.1, -0.05) is 17.9 Å². The van der Waals surface area contributed by atoms with E-state index >= 15 is 0 Å². The van der Waals surface area contributed by atoms with Gasteiger partial charge in [0.05, 0.1) is 0 Å². The third kappa shape index (κ3) is 3.13. The minimum Gasteiger partial charge on any atom is -0.125 e. The maximum atomic E-state index is 5.35. The molecule has 0 heterocycles. The molecule has 0 aromatic carbocycles. The van der Waals surface area contributed by atoms with E-state index in [1.54, 1.807) is 0 Å². The predicted octanol–water partition coefficient (Wildman–Crippen LogP) is 2.50. The van der Waals surface area contributed by atoms with Crippen molar-refractivity contribution in [2.24, 2.45) is 0 Å². The van der Waals surface area contributed by atoms with Crippen molar-refractivity contribution < 1.29 is 0 Å². The number of hydrogen-bond acceptors (Lipinski definition) is 1. The molecule has 0 bridgehead atoms. The van der Waals surface area contributed by atoms with Crippen molar-refractivity contribution in [1.29, 1.82) is 0 Å². The van der Waals surface area contributed by atoms with Gasteiger partial charge in [-0.15, -0.1) is 11.6 Å². The highest BCUT2D eigenvalue weighted by Crippen LogP contribution is 2.14. The van der Waals surface area contributed by atoms with Gasteiger partial charge in [0.2, 0.25) is 0 Å². The third-order valence-corrected chi connectivity index (χ3v) is 2.40. The summed E-state index contributed by atoms with van der Waals surface area (Å²) in [7, 11) is 6.55. The summed E-state index contributed by atoms with van der Waals surface area (Å²) >= 11 is 5.35. The SMILES string of the molecule is CC(CCl)SCl. The van der Waals surface area contributed by atoms with Crippen LogP contribution in [0.25, 0.3) is 0 Å². The lowest BCUT2D eigenvalue weighted by Gasteiger charge is -1.94. The van der Waals surface area contributed by atoms with Crippen LogP contribution in [0.1, 0.15) is 6.92 Å². The van der Waals surface area contributed by atoms with Crippen LogP contribution in [0.2, 0.25) is 0 Å². The summed E-state index contributed by atoms with van der Waals surface area (Å²) < 4.78 is 0. The highest BCUT2D eigenvalue weighted by molar-refractivity contribution is 8.21. The number of rotatable bonds is 2. The number of halogens is 2. The van der Waals surface area contributed by atoms with Crippen LogP contribution < -0.4 is 0 Å². The zero-order chi connectivity index (χ0) is 4.99. The van der Waals surface area contributed by atoms with Crippen LogP contribution in [0.5, 0.6) is 0 Å². The van der Waals surface area contributed by atoms with Crippen LogP contribution in [0, 0.1) is 0 Å². The van der Waals surface area contributed by atoms with Crippen molar-refractivity contribution in [3.05, 3.63) is 0 Å². The summed E-state index contributed by atoms with van der Waals surface area (Å²) in [5, 5.41) is 0.383. The van der Waals surface area contributed by atoms with E-state index in [2.05, 4.69) is 0 Å². The zero-order valence-electron chi connectivity index (χ0n) is 3.45. The maximum absolute atomic E-state index is 5.35. The van der Waals surface area contributed by atoms with Crippen LogP contribution in [0.3, 0.4) is 0 Å². The molecule has 1 unspecified atom stereocenters. The molecule has 0 aliphatic carbocycles. The molecule has 3 heteroatoms. The predicted molar refractivity (Wildman–Crippen MR) is 33.6 cm³/mol. The zero-order valence-corrected chi connectivity index (χ0v) is 5.78. The minimum absolute atomic E-state index is 0.383. The Balaban J connectivity index is 2.75. The summed E-state index contributed by atoms with van der Waals surface area (Å²) in [6.07, 6.45) is 0. The topological polar surface area (TPSA) is 0 Å². The van der Waals surface area contributed by atoms with Crippen molar-refractivity contribution in [2.45, 2.75) is 12.2 Å². The van der Waals surface area contributed by atoms with Gasteiger partial charge in [-0.05, 0) is 10.7 Å². The van der Waals surface area contributed by atoms with Crippen LogP contribution in [0.4, 0.5) is 0 Å². The van der Waals surface area contributed by atoms with E-state index in [1.165, 1.54) is 11.0 Å². The van der Waals surface area contributed by atoms with Gasteiger partial charge < -0.3 is 0 Å². The van der Waals surface area contributed by atoms with Crippen molar-refractivity contribution in [1.82, 2.24) is 0 Å². The maximum Gasteiger partial charge on any atom is 0.0351 e. The van der Waals surface area contributed by atoms with Gasteiger partial charge in [0, 0.05) is 11.1 Å². The highest BCUT2D eigenvalue weighted by Gasteiger charge is 1.93. The van der Waals surface area contributed by atoms with Gasteiger partial charge in [-0.25, -0.2) is 0 Å². The Kier molecular flexibility index (Phi) is 4.73. The largest absolute Gasteiger partial charge is 0.125 e. The molecule has 0 aliphatic heterocycles. The lowest BCUT2D eigenvalue weighted by Crippen LogP contribution is -1.91. The molecule has 0 spiro atoms. The highest BCUT2D eigenvalue weighted by atomic mass is 35.7. The molecule has 0 nitrogen and oxygen atoms in total. The summed E-state index contributed by atoms with van der Waals surface area (Å²) in [6.45, 7) is 1.98. The van der Waals surface area contributed by atoms with Crippen LogP contribution in [-0.2, 0) is 0 Å². The van der Waals surface area contributed by atoms with E-state index < -0.39 is 0 Å². The molecule has 0 fully saturated rings. The average Bonchev–Trinajstić information content (AvgIpc) is 1.65. The lowest BCUT2D eigenvalue weighted by molar-refractivity contribution is 1.13. The monoisotopic (exact) mass is 144 g/mol. The van der Waals surface area contributed by atoms with E-state index in [9.17, 15) is 0 Å². The fourth-order valence-corrected chi connectivity index (χ4v) is 0.643. The Morgan fingerprint density at radius 2 is 2.33 bits per heavy atom. The minimum atomic E-state index is 0.383. The Bertz CT molecular complexity index is 28.0. The molecular formula is C3H6Cl2S. The molecule has 0 rings (SSSR count). The Morgan fingerprint density at radius 1 is 1.83 bits per heavy atom. The van der Waals surface area contributed by atoms with Gasteiger partial charge in [0.25, 0.3) is 0 Å². The standard InChI is InChI=1S/C3H6Cl2S/c1-3(2-4)6-5/h3H,2H2,1H3. The first kappa shape index (κ1) is 6.93. The average molecular weight is 145 g/mol. The molecule has 6 heavy (non-hydrogen) atoms. The first-order valence-electron chi connectivity index (χ1n) is 1.64. The van der Waals surface area contributed by atoms with Gasteiger partial charge in [-0.2, -0.15) is 0 Å². The second-order valence-corrected chi connectivity index (χ2v) is 2.88. The van der Waals surface area contributed by atoms with Crippen molar-refractivity contribution in [2.75, 3.05) is 5.88 Å². The second-order valence-electron chi connectivity index (χ2n) is 1.05. The van der Waals surface area contributed by atoms with Crippen LogP contribution >= 0.6 is 33.3 Å². The first-order valence-corrected chi connectivity index (χ1v) is 3.88. The van der Waals surface area contributed by atoms with Crippen LogP contribution in [0.15, 0.2) is 0 Å². The molecule has 0 aromatic heterocycles. The summed E-state index contributed by atoms with van der Waals surface area (Å²) in [6, 6.07) is 0. The Hall–Kier alpha value is 0.930. The molecule has 0 N–H and O–H groups in total. The van der Waals surface area contributed by atoms with Crippen molar-refractivity contribution in [3.63, 3.8) is 0 Å². The third-order valence-electron chi connectivity index (χ3n) is 0.369. The van der Waals surface area contributed by atoms with Gasteiger partial charge in [-0.3, -0.25) is 0 Å². The quantitative estimate of drug-likeness (QED) is 0.538. The van der Waals surface area contributed by atoms with Crippen LogP contribution in [-0.4, -0.2) is 11.1 Å². The number of alkyl halides is 1. The molecule has 1 atom stereocenters.